The molecule has 1 fully saturated rings. The van der Waals surface area contributed by atoms with Crippen molar-refractivity contribution in [1.82, 2.24) is 15.0 Å². The van der Waals surface area contributed by atoms with Gasteiger partial charge in [0, 0.05) is 11.6 Å². The maximum atomic E-state index is 15.0. The number of H-pyrrole nitrogens is 1. The molecule has 35 heavy (non-hydrogen) atoms. The molecule has 4 aromatic rings. The van der Waals surface area contributed by atoms with E-state index in [0.717, 1.165) is 42.1 Å². The van der Waals surface area contributed by atoms with Crippen molar-refractivity contribution in [3.05, 3.63) is 71.2 Å². The predicted octanol–water partition coefficient (Wildman–Crippen LogP) is 5.93. The number of ether oxygens (including phenoxy) is 1. The van der Waals surface area contributed by atoms with Crippen LogP contribution >= 0.6 is 0 Å². The Hall–Kier alpha value is -3.86. The van der Waals surface area contributed by atoms with E-state index < -0.39 is 17.2 Å². The van der Waals surface area contributed by atoms with E-state index in [9.17, 15) is 18.8 Å². The highest BCUT2D eigenvalue weighted by atomic mass is 19.1. The molecule has 0 amide bonds. The molecule has 0 aliphatic heterocycles. The smallest absolute Gasteiger partial charge is 0.340 e. The number of nitrogens with zero attached hydrogens (tertiary/aromatic N) is 3. The number of hydrogen-bond acceptors (Lipinski definition) is 5. The molecule has 1 atom stereocenters. The zero-order valence-corrected chi connectivity index (χ0v) is 19.4. The van der Waals surface area contributed by atoms with Crippen LogP contribution in [0.3, 0.4) is 0 Å². The predicted molar refractivity (Wildman–Crippen MR) is 127 cm³/mol. The Morgan fingerprint density at radius 1 is 1.14 bits per heavy atom. The van der Waals surface area contributed by atoms with Gasteiger partial charge in [0.1, 0.15) is 22.6 Å². The molecule has 1 saturated carbocycles. The number of aromatic nitrogens is 3. The minimum Gasteiger partial charge on any atom is -0.465 e. The van der Waals surface area contributed by atoms with Crippen molar-refractivity contribution in [2.75, 3.05) is 7.11 Å². The minimum atomic E-state index is -0.964. The van der Waals surface area contributed by atoms with E-state index in [-0.39, 0.29) is 28.7 Å². The fourth-order valence-corrected chi connectivity index (χ4v) is 5.37. The summed E-state index contributed by atoms with van der Waals surface area (Å²) >= 11 is 0. The first kappa shape index (κ1) is 22.9. The number of nitriles is 1. The van der Waals surface area contributed by atoms with Crippen LogP contribution in [0.2, 0.25) is 0 Å². The summed E-state index contributed by atoms with van der Waals surface area (Å²) < 4.78 is 33.5. The fourth-order valence-electron chi connectivity index (χ4n) is 5.37. The van der Waals surface area contributed by atoms with E-state index >= 15 is 0 Å². The van der Waals surface area contributed by atoms with Crippen LogP contribution in [-0.4, -0.2) is 28.0 Å². The number of hydrogen-bond donors (Lipinski definition) is 1. The number of halogens is 2. The number of carbonyl (C=O) groups excluding carboxylic acids is 1. The second-order valence-electron chi connectivity index (χ2n) is 9.32. The van der Waals surface area contributed by atoms with Crippen molar-refractivity contribution in [3.63, 3.8) is 0 Å². The Labute approximate surface area is 201 Å². The molecule has 178 valence electrons. The molecule has 8 heteroatoms. The summed E-state index contributed by atoms with van der Waals surface area (Å²) in [6.07, 6.45) is 4.95. The molecule has 1 N–H and O–H groups in total. The molecule has 2 aromatic heterocycles. The number of nitrogens with one attached hydrogen (secondary N) is 1. The third-order valence-corrected chi connectivity index (χ3v) is 7.45. The largest absolute Gasteiger partial charge is 0.465 e. The van der Waals surface area contributed by atoms with Crippen molar-refractivity contribution in [2.45, 2.75) is 43.9 Å². The highest BCUT2D eigenvalue weighted by Crippen LogP contribution is 2.45. The quantitative estimate of drug-likeness (QED) is 0.370. The van der Waals surface area contributed by atoms with Crippen molar-refractivity contribution in [3.8, 4) is 6.07 Å². The summed E-state index contributed by atoms with van der Waals surface area (Å²) in [7, 11) is 1.19. The summed E-state index contributed by atoms with van der Waals surface area (Å²) in [4.78, 5) is 23.7. The molecule has 2 heterocycles. The van der Waals surface area contributed by atoms with Gasteiger partial charge in [-0.1, -0.05) is 0 Å². The number of pyridine rings is 1. The molecule has 0 bridgehead atoms. The summed E-state index contributed by atoms with van der Waals surface area (Å²) in [5, 5.41) is 11.0. The Balaban J connectivity index is 1.42. The van der Waals surface area contributed by atoms with Crippen LogP contribution in [0.1, 0.15) is 60.3 Å². The summed E-state index contributed by atoms with van der Waals surface area (Å²) in [6, 6.07) is 11.9. The standard InChI is InChI=1S/C27H24F2N4O2/c1-27(14-30,26-32-22-10-8-19(25(34)35-2)23(29)24(22)33-26)16-5-3-15(4-6-16)18-11-12-31-21-9-7-17(28)13-20(18)21/h7-13,15-16H,3-6H2,1-2H3,(H,32,33)/t15-,16+,27?. The zero-order valence-electron chi connectivity index (χ0n) is 19.4. The van der Waals surface area contributed by atoms with Gasteiger partial charge in [0.2, 0.25) is 0 Å². The van der Waals surface area contributed by atoms with E-state index in [4.69, 9.17) is 0 Å². The van der Waals surface area contributed by atoms with Crippen LogP contribution in [0.5, 0.6) is 0 Å². The van der Waals surface area contributed by atoms with Gasteiger partial charge in [0.05, 0.1) is 29.8 Å². The highest BCUT2D eigenvalue weighted by molar-refractivity contribution is 5.94. The Kier molecular flexibility index (Phi) is 5.72. The second kappa shape index (κ2) is 8.73. The van der Waals surface area contributed by atoms with Crippen molar-refractivity contribution < 1.29 is 18.3 Å². The van der Waals surface area contributed by atoms with Crippen LogP contribution in [0.15, 0.2) is 42.6 Å². The fraction of sp³-hybridized carbons (Fsp3) is 0.333. The molecule has 0 radical (unpaired) electrons. The van der Waals surface area contributed by atoms with Crippen molar-refractivity contribution in [2.24, 2.45) is 5.92 Å². The second-order valence-corrected chi connectivity index (χ2v) is 9.32. The number of carbonyl (C=O) groups is 1. The number of fused-ring (bicyclic) bond motifs is 2. The number of methoxy groups -OCH3 is 1. The van der Waals surface area contributed by atoms with E-state index in [2.05, 4.69) is 25.8 Å². The van der Waals surface area contributed by atoms with Gasteiger partial charge >= 0.3 is 5.97 Å². The number of benzene rings is 2. The first-order valence-electron chi connectivity index (χ1n) is 11.6. The number of imidazole rings is 1. The number of esters is 1. The SMILES string of the molecule is COC(=O)c1ccc2nc(C(C)(C#N)[C@H]3CC[C@@H](c4ccnc5ccc(F)cc54)CC3)[nH]c2c1F. The number of aromatic amines is 1. The van der Waals surface area contributed by atoms with Gasteiger partial charge in [-0.25, -0.2) is 18.6 Å². The molecule has 1 aliphatic carbocycles. The van der Waals surface area contributed by atoms with E-state index in [1.165, 1.54) is 25.3 Å². The summed E-state index contributed by atoms with van der Waals surface area (Å²) in [5.41, 5.74) is 1.13. The van der Waals surface area contributed by atoms with Gasteiger partial charge in [-0.15, -0.1) is 0 Å². The molecule has 6 nitrogen and oxygen atoms in total. The Bertz CT molecular complexity index is 1480. The van der Waals surface area contributed by atoms with E-state index in [1.54, 1.807) is 18.3 Å². The zero-order chi connectivity index (χ0) is 24.7. The van der Waals surface area contributed by atoms with Crippen LogP contribution < -0.4 is 0 Å². The minimum absolute atomic E-state index is 0.00251. The monoisotopic (exact) mass is 474 g/mol. The van der Waals surface area contributed by atoms with Gasteiger partial charge in [0.15, 0.2) is 5.82 Å². The molecule has 1 aliphatic rings. The van der Waals surface area contributed by atoms with Crippen LogP contribution in [0.4, 0.5) is 8.78 Å². The third kappa shape index (κ3) is 3.81. The van der Waals surface area contributed by atoms with Crippen LogP contribution in [0, 0.1) is 28.9 Å². The normalized spacial score (nSPS) is 19.9. The van der Waals surface area contributed by atoms with Crippen molar-refractivity contribution in [1.29, 1.82) is 5.26 Å². The third-order valence-electron chi connectivity index (χ3n) is 7.45. The van der Waals surface area contributed by atoms with Gasteiger partial charge in [-0.05, 0) is 86.4 Å². The topological polar surface area (TPSA) is 91.7 Å². The molecule has 1 unspecified atom stereocenters. The Morgan fingerprint density at radius 2 is 1.89 bits per heavy atom. The summed E-state index contributed by atoms with van der Waals surface area (Å²) in [6.45, 7) is 1.83. The van der Waals surface area contributed by atoms with Crippen LogP contribution in [0.25, 0.3) is 21.9 Å². The van der Waals surface area contributed by atoms with Gasteiger partial charge in [0.25, 0.3) is 0 Å². The number of rotatable bonds is 4. The molecular weight excluding hydrogens is 450 g/mol. The molecule has 5 rings (SSSR count). The van der Waals surface area contributed by atoms with Gasteiger partial charge in [-0.3, -0.25) is 4.98 Å². The van der Waals surface area contributed by atoms with Crippen LogP contribution in [-0.2, 0) is 10.2 Å². The summed E-state index contributed by atoms with van der Waals surface area (Å²) in [5.74, 6) is -1.19. The molecule has 0 saturated heterocycles. The average Bonchev–Trinajstić information content (AvgIpc) is 3.34. The lowest BCUT2D eigenvalue weighted by Crippen LogP contribution is -2.34. The average molecular weight is 475 g/mol. The lowest BCUT2D eigenvalue weighted by molar-refractivity contribution is 0.0596. The van der Waals surface area contributed by atoms with Gasteiger partial charge in [-0.2, -0.15) is 5.26 Å². The maximum absolute atomic E-state index is 15.0. The lowest BCUT2D eigenvalue weighted by atomic mass is 9.67. The van der Waals surface area contributed by atoms with Gasteiger partial charge < -0.3 is 9.72 Å². The molecular formula is C27H24F2N4O2. The Morgan fingerprint density at radius 3 is 2.60 bits per heavy atom. The first-order valence-corrected chi connectivity index (χ1v) is 11.6. The maximum Gasteiger partial charge on any atom is 0.340 e. The van der Waals surface area contributed by atoms with E-state index in [1.807, 2.05) is 13.0 Å². The highest BCUT2D eigenvalue weighted by Gasteiger charge is 2.41. The first-order chi connectivity index (χ1) is 16.9. The molecule has 2 aromatic carbocycles. The van der Waals surface area contributed by atoms with E-state index in [0.29, 0.717) is 11.3 Å². The lowest BCUT2D eigenvalue weighted by Gasteiger charge is -2.36. The molecule has 0 spiro atoms. The van der Waals surface area contributed by atoms with Crippen molar-refractivity contribution >= 4 is 27.9 Å².